The predicted molar refractivity (Wildman–Crippen MR) is 150 cm³/mol. The normalized spacial score (nSPS) is 35.4. The third-order valence-electron chi connectivity index (χ3n) is 10.9. The summed E-state index contributed by atoms with van der Waals surface area (Å²) in [6.45, 7) is 6.13. The van der Waals surface area contributed by atoms with E-state index in [0.29, 0.717) is 29.1 Å². The van der Waals surface area contributed by atoms with Gasteiger partial charge in [0.1, 0.15) is 11.9 Å². The number of nitrogens with zero attached hydrogens (tertiary/aromatic N) is 1. The molecule has 0 aliphatic heterocycles. The summed E-state index contributed by atoms with van der Waals surface area (Å²) < 4.78 is 0. The van der Waals surface area contributed by atoms with Gasteiger partial charge in [-0.05, 0) is 98.5 Å². The molecule has 0 unspecified atom stereocenters. The first-order valence-corrected chi connectivity index (χ1v) is 14.7. The Morgan fingerprint density at radius 2 is 1.80 bits per heavy atom. The van der Waals surface area contributed by atoms with Crippen LogP contribution in [0.5, 0.6) is 0 Å². The standard InChI is InChI=1S/C32H42N2O6/c1-19(35)24-11-12-25-23-10-9-21-17-22(13-15-31(21,2)26(23)14-16-32(24,25)3)34-40-18-27(36)33-28(30(38)39)29(37)20-7-5-4-6-8-20/h4-8,17,23-26,28-29,37H,9-16,18H2,1-3H3,(H,33,36)(H,38,39)/t23-,24+,25+,26+,28+,29-,31+,32-/m1/s1. The van der Waals surface area contributed by atoms with Crippen molar-refractivity contribution < 1.29 is 29.4 Å². The molecule has 0 heterocycles. The molecule has 1 aromatic rings. The Labute approximate surface area is 236 Å². The Hall–Kier alpha value is -3.00. The summed E-state index contributed by atoms with van der Waals surface area (Å²) in [5.41, 5.74) is 2.88. The minimum absolute atomic E-state index is 0.122. The zero-order valence-electron chi connectivity index (χ0n) is 23.8. The van der Waals surface area contributed by atoms with Crippen LogP contribution in [0.3, 0.4) is 0 Å². The number of aliphatic carboxylic acids is 1. The molecule has 1 amide bonds. The highest BCUT2D eigenvalue weighted by atomic mass is 16.6. The summed E-state index contributed by atoms with van der Waals surface area (Å²) >= 11 is 0. The van der Waals surface area contributed by atoms with Crippen LogP contribution in [0.1, 0.15) is 83.8 Å². The number of rotatable bonds is 8. The van der Waals surface area contributed by atoms with Gasteiger partial charge >= 0.3 is 5.97 Å². The molecule has 0 saturated heterocycles. The third kappa shape index (κ3) is 5.11. The average molecular weight is 551 g/mol. The number of hydrogen-bond donors (Lipinski definition) is 3. The second kappa shape index (κ2) is 11.1. The molecular formula is C32H42N2O6. The molecule has 5 rings (SSSR count). The van der Waals surface area contributed by atoms with Crippen LogP contribution >= 0.6 is 0 Å². The van der Waals surface area contributed by atoms with Gasteiger partial charge in [-0.2, -0.15) is 0 Å². The molecule has 0 radical (unpaired) electrons. The molecule has 8 heteroatoms. The minimum Gasteiger partial charge on any atom is -0.480 e. The molecule has 3 N–H and O–H groups in total. The number of Topliss-reactive ketones (excluding diaryl/α,β-unsaturated/α-hetero) is 1. The van der Waals surface area contributed by atoms with Crippen LogP contribution < -0.4 is 5.32 Å². The molecule has 8 atom stereocenters. The molecule has 1 aromatic carbocycles. The van der Waals surface area contributed by atoms with Crippen molar-refractivity contribution in [1.29, 1.82) is 0 Å². The lowest BCUT2D eigenvalue weighted by atomic mass is 9.46. The fraction of sp³-hybridized carbons (Fsp3) is 0.625. The molecule has 4 aliphatic carbocycles. The van der Waals surface area contributed by atoms with Crippen LogP contribution in [-0.2, 0) is 19.2 Å². The number of carboxylic acid groups (broad SMARTS) is 1. The molecule has 216 valence electrons. The van der Waals surface area contributed by atoms with Crippen LogP contribution in [0.4, 0.5) is 0 Å². The van der Waals surface area contributed by atoms with Crippen LogP contribution in [-0.4, -0.2) is 46.2 Å². The van der Waals surface area contributed by atoms with E-state index in [1.54, 1.807) is 37.3 Å². The Balaban J connectivity index is 1.20. The highest BCUT2D eigenvalue weighted by Gasteiger charge is 2.59. The first-order valence-electron chi connectivity index (χ1n) is 14.7. The molecule has 8 nitrogen and oxygen atoms in total. The van der Waals surface area contributed by atoms with Crippen molar-refractivity contribution in [3.8, 4) is 0 Å². The number of allylic oxidation sites excluding steroid dienone is 2. The first kappa shape index (κ1) is 28.5. The second-order valence-electron chi connectivity index (χ2n) is 12.9. The predicted octanol–water partition coefficient (Wildman–Crippen LogP) is 4.83. The van der Waals surface area contributed by atoms with Gasteiger partial charge in [0.2, 0.25) is 0 Å². The van der Waals surface area contributed by atoms with Gasteiger partial charge in [-0.15, -0.1) is 0 Å². The van der Waals surface area contributed by atoms with E-state index in [-0.39, 0.29) is 16.7 Å². The van der Waals surface area contributed by atoms with E-state index >= 15 is 0 Å². The van der Waals surface area contributed by atoms with E-state index in [2.05, 4.69) is 30.4 Å². The fourth-order valence-electron chi connectivity index (χ4n) is 8.82. The van der Waals surface area contributed by atoms with E-state index in [0.717, 1.165) is 50.7 Å². The number of benzene rings is 1. The molecular weight excluding hydrogens is 508 g/mol. The number of amides is 1. The van der Waals surface area contributed by atoms with E-state index < -0.39 is 30.6 Å². The maximum atomic E-state index is 12.4. The van der Waals surface area contributed by atoms with E-state index in [1.807, 2.05) is 0 Å². The minimum atomic E-state index is -1.50. The van der Waals surface area contributed by atoms with E-state index in [4.69, 9.17) is 4.84 Å². The topological polar surface area (TPSA) is 125 Å². The lowest BCUT2D eigenvalue weighted by Gasteiger charge is -2.58. The summed E-state index contributed by atoms with van der Waals surface area (Å²) in [4.78, 5) is 41.9. The number of hydrogen-bond acceptors (Lipinski definition) is 6. The van der Waals surface area contributed by atoms with Crippen LogP contribution in [0.2, 0.25) is 0 Å². The highest BCUT2D eigenvalue weighted by molar-refractivity contribution is 5.96. The van der Waals surface area contributed by atoms with Crippen molar-refractivity contribution in [3.63, 3.8) is 0 Å². The quantitative estimate of drug-likeness (QED) is 0.398. The van der Waals surface area contributed by atoms with Crippen molar-refractivity contribution in [2.75, 3.05) is 6.61 Å². The molecule has 3 saturated carbocycles. The Morgan fingerprint density at radius 3 is 2.50 bits per heavy atom. The lowest BCUT2D eigenvalue weighted by Crippen LogP contribution is -2.51. The zero-order chi connectivity index (χ0) is 28.7. The number of fused-ring (bicyclic) bond motifs is 5. The van der Waals surface area contributed by atoms with Gasteiger partial charge < -0.3 is 20.4 Å². The fourth-order valence-corrected chi connectivity index (χ4v) is 8.82. The van der Waals surface area contributed by atoms with Crippen molar-refractivity contribution in [2.45, 2.75) is 84.3 Å². The number of aliphatic hydroxyl groups excluding tert-OH is 1. The van der Waals surface area contributed by atoms with Crippen molar-refractivity contribution >= 4 is 23.4 Å². The number of carbonyl (C=O) groups is 3. The number of carbonyl (C=O) groups excluding carboxylic acids is 2. The largest absolute Gasteiger partial charge is 0.480 e. The maximum Gasteiger partial charge on any atom is 0.329 e. The average Bonchev–Trinajstić information content (AvgIpc) is 3.29. The summed E-state index contributed by atoms with van der Waals surface area (Å²) in [5.74, 6) is 0.502. The smallest absolute Gasteiger partial charge is 0.329 e. The van der Waals surface area contributed by atoms with Crippen LogP contribution in [0.25, 0.3) is 0 Å². The maximum absolute atomic E-state index is 12.4. The Kier molecular flexibility index (Phi) is 7.92. The van der Waals surface area contributed by atoms with Crippen molar-refractivity contribution in [1.82, 2.24) is 5.32 Å². The number of aliphatic hydroxyl groups is 1. The van der Waals surface area contributed by atoms with Crippen molar-refractivity contribution in [3.05, 3.63) is 47.5 Å². The van der Waals surface area contributed by atoms with Gasteiger partial charge in [-0.3, -0.25) is 9.59 Å². The van der Waals surface area contributed by atoms with Crippen LogP contribution in [0.15, 0.2) is 47.1 Å². The van der Waals surface area contributed by atoms with Crippen molar-refractivity contribution in [2.24, 2.45) is 39.7 Å². The lowest BCUT2D eigenvalue weighted by molar-refractivity contribution is -0.146. The number of oxime groups is 1. The Bertz CT molecular complexity index is 1210. The SMILES string of the molecule is CC(=O)[C@@H]1CC[C@H]2[C@H]3CCC4=CC(=NOCC(=O)N[C@H](C(=O)O)[C@H](O)c5ccccc5)CC[C@]4(C)[C@H]3CC[C@]12C. The summed E-state index contributed by atoms with van der Waals surface area (Å²) in [5, 5.41) is 26.6. The highest BCUT2D eigenvalue weighted by Crippen LogP contribution is 2.66. The molecule has 0 aromatic heterocycles. The number of nitrogens with one attached hydrogen (secondary N) is 1. The van der Waals surface area contributed by atoms with E-state index in [1.165, 1.54) is 12.0 Å². The van der Waals surface area contributed by atoms with Gasteiger partial charge in [0, 0.05) is 5.92 Å². The van der Waals surface area contributed by atoms with Gasteiger partial charge in [0.15, 0.2) is 12.6 Å². The van der Waals surface area contributed by atoms with Gasteiger partial charge in [-0.1, -0.05) is 54.9 Å². The molecule has 40 heavy (non-hydrogen) atoms. The summed E-state index contributed by atoms with van der Waals surface area (Å²) in [6.07, 6.45) is 9.17. The molecule has 0 bridgehead atoms. The summed E-state index contributed by atoms with van der Waals surface area (Å²) in [6, 6.07) is 6.86. The zero-order valence-corrected chi connectivity index (χ0v) is 23.8. The first-order chi connectivity index (χ1) is 19.0. The number of ketones is 1. The summed E-state index contributed by atoms with van der Waals surface area (Å²) in [7, 11) is 0. The van der Waals surface area contributed by atoms with E-state index in [9.17, 15) is 24.6 Å². The Morgan fingerprint density at radius 1 is 1.05 bits per heavy atom. The van der Waals surface area contributed by atoms with Crippen LogP contribution in [0, 0.1) is 34.5 Å². The molecule has 3 fully saturated rings. The van der Waals surface area contributed by atoms with Gasteiger partial charge in [0.05, 0.1) is 5.71 Å². The third-order valence-corrected chi connectivity index (χ3v) is 10.9. The number of carboxylic acids is 1. The second-order valence-corrected chi connectivity index (χ2v) is 12.9. The van der Waals surface area contributed by atoms with Gasteiger partial charge in [0.25, 0.3) is 5.91 Å². The monoisotopic (exact) mass is 550 g/mol. The molecule has 0 spiro atoms. The molecule has 4 aliphatic rings. The van der Waals surface area contributed by atoms with Gasteiger partial charge in [-0.25, -0.2) is 4.79 Å².